The van der Waals surface area contributed by atoms with Crippen LogP contribution in [0.15, 0.2) is 30.7 Å². The van der Waals surface area contributed by atoms with Crippen LogP contribution in [0.2, 0.25) is 0 Å². The van der Waals surface area contributed by atoms with Gasteiger partial charge in [-0.3, -0.25) is 0 Å². The molecular formula is C23H21F2N9O. The lowest BCUT2D eigenvalue weighted by atomic mass is 10.1. The van der Waals surface area contributed by atoms with Crippen LogP contribution in [0.3, 0.4) is 0 Å². The Kier molecular flexibility index (Phi) is 4.05. The Hall–Kier alpha value is -4.06. The van der Waals surface area contributed by atoms with Crippen molar-refractivity contribution in [1.82, 2.24) is 29.5 Å². The summed E-state index contributed by atoms with van der Waals surface area (Å²) < 4.78 is 37.3. The van der Waals surface area contributed by atoms with E-state index < -0.39 is 11.6 Å². The fourth-order valence-electron chi connectivity index (χ4n) is 5.49. The van der Waals surface area contributed by atoms with Gasteiger partial charge in [-0.15, -0.1) is 0 Å². The number of halogens is 2. The number of piperidine rings is 1. The number of H-pyrrole nitrogens is 1. The quantitative estimate of drug-likeness (QED) is 0.361. The van der Waals surface area contributed by atoms with E-state index in [1.807, 2.05) is 0 Å². The second kappa shape index (κ2) is 6.98. The number of aromatic nitrogens is 6. The summed E-state index contributed by atoms with van der Waals surface area (Å²) in [6.07, 6.45) is 4.85. The van der Waals surface area contributed by atoms with E-state index >= 15 is 4.39 Å². The monoisotopic (exact) mass is 477 g/mol. The number of anilines is 2. The molecule has 1 saturated heterocycles. The molecule has 2 fully saturated rings. The number of hydrogen-bond donors (Lipinski definition) is 3. The van der Waals surface area contributed by atoms with Gasteiger partial charge in [0.1, 0.15) is 11.5 Å². The Labute approximate surface area is 197 Å². The van der Waals surface area contributed by atoms with Crippen molar-refractivity contribution in [3.63, 3.8) is 0 Å². The van der Waals surface area contributed by atoms with Gasteiger partial charge in [0.15, 0.2) is 23.0 Å². The summed E-state index contributed by atoms with van der Waals surface area (Å²) in [4.78, 5) is 18.7. The zero-order chi connectivity index (χ0) is 24.0. The SMILES string of the molecule is CNc1cc(F)c(F)c2c1[nH]c1nc(Oc3cnc4ccnn4c3)nc(N3C[C@H]4C([C@H]4N)[C@H]3C)c12. The summed E-state index contributed by atoms with van der Waals surface area (Å²) in [6.45, 7) is 2.74. The van der Waals surface area contributed by atoms with Crippen LogP contribution in [0.5, 0.6) is 11.8 Å². The lowest BCUT2D eigenvalue weighted by Crippen LogP contribution is -2.36. The first-order valence-electron chi connectivity index (χ1n) is 11.3. The summed E-state index contributed by atoms with van der Waals surface area (Å²) in [6, 6.07) is 3.17. The second-order valence-corrected chi connectivity index (χ2v) is 9.14. The van der Waals surface area contributed by atoms with Gasteiger partial charge in [-0.2, -0.15) is 15.1 Å². The van der Waals surface area contributed by atoms with E-state index in [2.05, 4.69) is 42.2 Å². The molecule has 0 spiro atoms. The van der Waals surface area contributed by atoms with Gasteiger partial charge >= 0.3 is 6.01 Å². The largest absolute Gasteiger partial charge is 0.421 e. The van der Waals surface area contributed by atoms with Crippen molar-refractivity contribution in [3.8, 4) is 11.8 Å². The molecule has 1 aliphatic heterocycles. The number of rotatable bonds is 4. The molecule has 5 aromatic rings. The van der Waals surface area contributed by atoms with Crippen LogP contribution in [-0.2, 0) is 0 Å². The van der Waals surface area contributed by atoms with Crippen molar-refractivity contribution in [2.24, 2.45) is 17.6 Å². The summed E-state index contributed by atoms with van der Waals surface area (Å²) in [5.74, 6) is -0.378. The predicted molar refractivity (Wildman–Crippen MR) is 126 cm³/mol. The van der Waals surface area contributed by atoms with Crippen molar-refractivity contribution >= 4 is 39.1 Å². The molecule has 1 aliphatic carbocycles. The molecule has 1 unspecified atom stereocenters. The molecule has 1 aromatic carbocycles. The van der Waals surface area contributed by atoms with Crippen LogP contribution in [0.4, 0.5) is 20.3 Å². The van der Waals surface area contributed by atoms with Crippen LogP contribution in [0, 0.1) is 23.5 Å². The Morgan fingerprint density at radius 3 is 2.89 bits per heavy atom. The number of nitrogens with two attached hydrogens (primary N) is 1. The minimum Gasteiger partial charge on any atom is -0.421 e. The van der Waals surface area contributed by atoms with Crippen molar-refractivity contribution in [2.45, 2.75) is 19.0 Å². The Balaban J connectivity index is 1.44. The molecule has 5 heterocycles. The number of nitrogens with zero attached hydrogens (tertiary/aromatic N) is 6. The third-order valence-electron chi connectivity index (χ3n) is 7.30. The number of hydrogen-bond acceptors (Lipinski definition) is 8. The van der Waals surface area contributed by atoms with Crippen LogP contribution in [0.1, 0.15) is 6.92 Å². The fourth-order valence-corrected chi connectivity index (χ4v) is 5.49. The first-order valence-corrected chi connectivity index (χ1v) is 11.3. The second-order valence-electron chi connectivity index (χ2n) is 9.14. The molecule has 10 nitrogen and oxygen atoms in total. The number of benzene rings is 1. The van der Waals surface area contributed by atoms with Crippen LogP contribution >= 0.6 is 0 Å². The highest BCUT2D eigenvalue weighted by Gasteiger charge is 2.58. The molecule has 1 saturated carbocycles. The Morgan fingerprint density at radius 2 is 2.11 bits per heavy atom. The Morgan fingerprint density at radius 1 is 1.26 bits per heavy atom. The van der Waals surface area contributed by atoms with Gasteiger partial charge in [-0.1, -0.05) is 0 Å². The zero-order valence-electron chi connectivity index (χ0n) is 18.8. The van der Waals surface area contributed by atoms with E-state index in [0.29, 0.717) is 57.8 Å². The van der Waals surface area contributed by atoms with Gasteiger partial charge < -0.3 is 25.7 Å². The van der Waals surface area contributed by atoms with E-state index in [1.165, 1.54) is 0 Å². The topological polar surface area (TPSA) is 122 Å². The van der Waals surface area contributed by atoms with Crippen LogP contribution in [0.25, 0.3) is 27.6 Å². The van der Waals surface area contributed by atoms with Gasteiger partial charge in [-0.05, 0) is 12.8 Å². The van der Waals surface area contributed by atoms with E-state index in [0.717, 1.165) is 6.07 Å². The van der Waals surface area contributed by atoms with Crippen LogP contribution < -0.4 is 20.7 Å². The summed E-state index contributed by atoms with van der Waals surface area (Å²) >= 11 is 0. The van der Waals surface area contributed by atoms with E-state index in [1.54, 1.807) is 36.2 Å². The third-order valence-corrected chi connectivity index (χ3v) is 7.30. The van der Waals surface area contributed by atoms with E-state index in [9.17, 15) is 4.39 Å². The first kappa shape index (κ1) is 20.3. The standard InChI is InChI=1S/C23H21F2N9O/c1-9-15-11(19(15)26)8-33(9)22-17-16-18(25)12(24)5-13(27-2)20(16)30-21(17)31-23(32-22)35-10-6-28-14-3-4-29-34(14)7-10/h3-7,9,11,15,19,27H,8,26H2,1-2H3,(H,30,31,32)/t9-,11+,15?,19+/m1/s1. The molecule has 178 valence electrons. The molecule has 35 heavy (non-hydrogen) atoms. The molecule has 12 heteroatoms. The molecule has 2 aliphatic rings. The Bertz CT molecular complexity index is 1650. The summed E-state index contributed by atoms with van der Waals surface area (Å²) in [5.41, 5.74) is 8.04. The van der Waals surface area contributed by atoms with Crippen molar-refractivity contribution in [3.05, 3.63) is 42.4 Å². The van der Waals surface area contributed by atoms with Crippen molar-refractivity contribution < 1.29 is 13.5 Å². The van der Waals surface area contributed by atoms with Gasteiger partial charge in [-0.25, -0.2) is 18.3 Å². The normalized spacial score (nSPS) is 23.4. The van der Waals surface area contributed by atoms with Gasteiger partial charge in [0.25, 0.3) is 0 Å². The zero-order valence-corrected chi connectivity index (χ0v) is 18.8. The molecule has 4 N–H and O–H groups in total. The number of fused-ring (bicyclic) bond motifs is 5. The molecular weight excluding hydrogens is 456 g/mol. The average molecular weight is 477 g/mol. The number of ether oxygens (including phenoxy) is 1. The van der Waals surface area contributed by atoms with Gasteiger partial charge in [0.05, 0.1) is 40.6 Å². The van der Waals surface area contributed by atoms with Gasteiger partial charge in [0.2, 0.25) is 0 Å². The summed E-state index contributed by atoms with van der Waals surface area (Å²) in [7, 11) is 1.65. The van der Waals surface area contributed by atoms with Crippen molar-refractivity contribution in [2.75, 3.05) is 23.8 Å². The molecule has 4 aromatic heterocycles. The molecule has 0 amide bonds. The maximum atomic E-state index is 15.2. The third kappa shape index (κ3) is 2.83. The predicted octanol–water partition coefficient (Wildman–Crippen LogP) is 3.05. The highest BCUT2D eigenvalue weighted by Crippen LogP contribution is 2.51. The minimum absolute atomic E-state index is 0.0521. The minimum atomic E-state index is -0.953. The smallest absolute Gasteiger partial charge is 0.326 e. The average Bonchev–Trinajstić information content (AvgIpc) is 3.24. The summed E-state index contributed by atoms with van der Waals surface area (Å²) in [5, 5.41) is 7.60. The van der Waals surface area contributed by atoms with E-state index in [4.69, 9.17) is 10.5 Å². The molecule has 4 atom stereocenters. The lowest BCUT2D eigenvalue weighted by Gasteiger charge is -2.27. The van der Waals surface area contributed by atoms with Crippen LogP contribution in [-0.4, -0.2) is 55.2 Å². The number of aromatic amines is 1. The lowest BCUT2D eigenvalue weighted by molar-refractivity contribution is 0.437. The van der Waals surface area contributed by atoms with E-state index in [-0.39, 0.29) is 23.5 Å². The molecule has 0 bridgehead atoms. The first-order chi connectivity index (χ1) is 16.9. The number of nitrogens with one attached hydrogen (secondary N) is 2. The van der Waals surface area contributed by atoms with Gasteiger partial charge in [0, 0.05) is 43.7 Å². The van der Waals surface area contributed by atoms with Crippen molar-refractivity contribution in [1.29, 1.82) is 0 Å². The highest BCUT2D eigenvalue weighted by atomic mass is 19.2. The maximum Gasteiger partial charge on any atom is 0.326 e. The molecule has 7 rings (SSSR count). The maximum absolute atomic E-state index is 15.2. The highest BCUT2D eigenvalue weighted by molar-refractivity contribution is 6.15. The molecule has 0 radical (unpaired) electrons. The fraction of sp³-hybridized carbons (Fsp3) is 0.304.